The fourth-order valence-electron chi connectivity index (χ4n) is 9.55. The summed E-state index contributed by atoms with van der Waals surface area (Å²) in [4.78, 5) is 45.6. The van der Waals surface area contributed by atoms with Crippen molar-refractivity contribution in [3.05, 3.63) is 0 Å². The maximum absolute atomic E-state index is 12.5. The molecule has 15 heteroatoms. The largest absolute Gasteiger partial charge is 0.469 e. The number of fused-ring (bicyclic) bond motifs is 2. The molecule has 0 aromatic carbocycles. The third-order valence-corrected chi connectivity index (χ3v) is 14.7. The number of hydrogen-bond donors (Lipinski definition) is 1. The summed E-state index contributed by atoms with van der Waals surface area (Å²) in [6, 6.07) is 0. The Morgan fingerprint density at radius 3 is 1.64 bits per heavy atom. The van der Waals surface area contributed by atoms with E-state index in [0.717, 1.165) is 31.1 Å². The minimum absolute atomic E-state index is 0.0185. The van der Waals surface area contributed by atoms with Crippen LogP contribution >= 0.6 is 0 Å². The van der Waals surface area contributed by atoms with Crippen molar-refractivity contribution >= 4 is 23.9 Å². The molecule has 342 valence electrons. The van der Waals surface area contributed by atoms with Crippen molar-refractivity contribution in [2.45, 2.75) is 182 Å². The van der Waals surface area contributed by atoms with E-state index in [9.17, 15) is 45.5 Å². The highest BCUT2D eigenvalue weighted by molar-refractivity contribution is 5.82. The van der Waals surface area contributed by atoms with Gasteiger partial charge in [-0.25, -0.2) is 4.79 Å². The first kappa shape index (κ1) is 50.8. The second kappa shape index (κ2) is 19.6. The van der Waals surface area contributed by atoms with Crippen LogP contribution in [0.4, 0.5) is 26.3 Å². The van der Waals surface area contributed by atoms with Crippen molar-refractivity contribution < 1.29 is 69.6 Å². The average molecular weight is 857 g/mol. The second-order valence-corrected chi connectivity index (χ2v) is 19.5. The monoisotopic (exact) mass is 856 g/mol. The van der Waals surface area contributed by atoms with Crippen LogP contribution in [-0.4, -0.2) is 72.4 Å². The van der Waals surface area contributed by atoms with E-state index in [1.54, 1.807) is 13.8 Å². The molecule has 7 aliphatic rings. The number of ether oxygens (including phenoxy) is 4. The standard InChI is InChI=1S/C17H28O2.C11H14F6O.C10H16O4.C6H12O2/c1-5-16(2,3)15(18)19-17(4)13-7-11-6-12(9-13)10-14(17)8-11;12-10(13,14)9(18,11(15,16)17)5-8-4-6-1-2-7(8)3-6;1-4-10(2,3)9(12)14-7-5-6-13-8(7)11;1-4-5(2)6(7)8-3/h11-14H,5-10H2,1-4H3;6-8,18H,1-5H2;7H,4-6H2,1-3H3;5H,4H2,1-3H3. The molecule has 59 heavy (non-hydrogen) atoms. The van der Waals surface area contributed by atoms with Gasteiger partial charge in [-0.15, -0.1) is 0 Å². The third-order valence-electron chi connectivity index (χ3n) is 14.7. The molecular formula is C44H70F6O9. The SMILES string of the molecule is CCC(C)(C)C(=O)OC1(C)C2CC3CC(C2)CC1C3.CCC(C)(C)C(=O)OC1CCOC1=O.CCC(C)C(=O)OC.OC(CC1CC2CCC1C2)(C(F)(F)F)C(F)(F)F. The third kappa shape index (κ3) is 12.1. The van der Waals surface area contributed by atoms with Gasteiger partial charge in [-0.05, 0) is 153 Å². The van der Waals surface area contributed by atoms with Gasteiger partial charge in [0.1, 0.15) is 5.60 Å². The average Bonchev–Trinajstić information content (AvgIpc) is 3.90. The summed E-state index contributed by atoms with van der Waals surface area (Å²) in [6.45, 7) is 18.0. The minimum atomic E-state index is -5.67. The highest BCUT2D eigenvalue weighted by Crippen LogP contribution is 2.60. The lowest BCUT2D eigenvalue weighted by Crippen LogP contribution is -2.58. The van der Waals surface area contributed by atoms with Crippen LogP contribution in [0.1, 0.15) is 152 Å². The molecule has 6 saturated carbocycles. The van der Waals surface area contributed by atoms with Crippen molar-refractivity contribution in [1.82, 2.24) is 0 Å². The Morgan fingerprint density at radius 1 is 0.780 bits per heavy atom. The number of alkyl halides is 6. The van der Waals surface area contributed by atoms with Crippen LogP contribution in [0.5, 0.6) is 0 Å². The van der Waals surface area contributed by atoms with Crippen molar-refractivity contribution in [3.63, 3.8) is 0 Å². The molecule has 1 heterocycles. The van der Waals surface area contributed by atoms with Gasteiger partial charge in [0.25, 0.3) is 5.60 Å². The molecule has 6 bridgehead atoms. The number of halogens is 6. The number of aliphatic hydroxyl groups is 1. The molecule has 7 rings (SSSR count). The van der Waals surface area contributed by atoms with Gasteiger partial charge in [-0.1, -0.05) is 34.1 Å². The number of carbonyl (C=O) groups is 4. The summed E-state index contributed by atoms with van der Waals surface area (Å²) in [5, 5.41) is 9.12. The van der Waals surface area contributed by atoms with Gasteiger partial charge in [-0.2, -0.15) is 26.3 Å². The van der Waals surface area contributed by atoms with E-state index >= 15 is 0 Å². The summed E-state index contributed by atoms with van der Waals surface area (Å²) in [5.74, 6) is 1.78. The summed E-state index contributed by atoms with van der Waals surface area (Å²) in [5.41, 5.74) is -5.59. The number of cyclic esters (lactones) is 1. The summed E-state index contributed by atoms with van der Waals surface area (Å²) >= 11 is 0. The molecule has 0 spiro atoms. The van der Waals surface area contributed by atoms with Crippen LogP contribution in [0.25, 0.3) is 0 Å². The smallest absolute Gasteiger partial charge is 0.426 e. The fourth-order valence-corrected chi connectivity index (χ4v) is 9.55. The van der Waals surface area contributed by atoms with Crippen molar-refractivity contribution in [3.8, 4) is 0 Å². The molecule has 7 fully saturated rings. The Hall–Kier alpha value is -2.58. The molecule has 0 radical (unpaired) electrons. The summed E-state index contributed by atoms with van der Waals surface area (Å²) in [6.07, 6.45) is -1.15. The van der Waals surface area contributed by atoms with Gasteiger partial charge in [0.05, 0.1) is 30.5 Å². The fraction of sp³-hybridized carbons (Fsp3) is 0.909. The Balaban J connectivity index is 0.000000219. The quantitative estimate of drug-likeness (QED) is 0.130. The lowest BCUT2D eigenvalue weighted by Gasteiger charge is -2.59. The molecule has 0 aromatic rings. The predicted octanol–water partition coefficient (Wildman–Crippen LogP) is 10.3. The molecule has 9 nitrogen and oxygen atoms in total. The van der Waals surface area contributed by atoms with Gasteiger partial charge >= 0.3 is 36.2 Å². The minimum Gasteiger partial charge on any atom is -0.469 e. The van der Waals surface area contributed by atoms with Crippen LogP contribution in [0.15, 0.2) is 0 Å². The van der Waals surface area contributed by atoms with Crippen LogP contribution in [0.2, 0.25) is 0 Å². The van der Waals surface area contributed by atoms with E-state index in [4.69, 9.17) is 19.3 Å². The molecule has 0 aromatic heterocycles. The van der Waals surface area contributed by atoms with Crippen LogP contribution in [0.3, 0.4) is 0 Å². The zero-order valence-corrected chi connectivity index (χ0v) is 36.8. The Bertz CT molecular complexity index is 1400. The van der Waals surface area contributed by atoms with E-state index in [1.807, 2.05) is 34.6 Å². The lowest BCUT2D eigenvalue weighted by atomic mass is 9.50. The van der Waals surface area contributed by atoms with Gasteiger partial charge in [0.2, 0.25) is 6.10 Å². The lowest BCUT2D eigenvalue weighted by molar-refractivity contribution is -0.373. The summed E-state index contributed by atoms with van der Waals surface area (Å²) < 4.78 is 95.5. The van der Waals surface area contributed by atoms with Gasteiger partial charge < -0.3 is 24.1 Å². The number of esters is 4. The maximum atomic E-state index is 12.5. The zero-order valence-electron chi connectivity index (χ0n) is 36.8. The molecule has 1 saturated heterocycles. The summed E-state index contributed by atoms with van der Waals surface area (Å²) in [7, 11) is 1.41. The van der Waals surface area contributed by atoms with E-state index in [1.165, 1.54) is 39.2 Å². The second-order valence-electron chi connectivity index (χ2n) is 19.5. The first-order valence-corrected chi connectivity index (χ1v) is 21.6. The van der Waals surface area contributed by atoms with Crippen molar-refractivity contribution in [2.24, 2.45) is 58.2 Å². The van der Waals surface area contributed by atoms with E-state index in [-0.39, 0.29) is 46.7 Å². The van der Waals surface area contributed by atoms with Crippen molar-refractivity contribution in [1.29, 1.82) is 0 Å². The maximum Gasteiger partial charge on any atom is 0.426 e. The van der Waals surface area contributed by atoms with E-state index in [0.29, 0.717) is 50.5 Å². The Morgan fingerprint density at radius 2 is 1.29 bits per heavy atom. The van der Waals surface area contributed by atoms with Gasteiger partial charge in [-0.3, -0.25) is 14.4 Å². The van der Waals surface area contributed by atoms with E-state index in [2.05, 4.69) is 18.6 Å². The van der Waals surface area contributed by atoms with Crippen LogP contribution in [0, 0.1) is 58.2 Å². The molecule has 0 amide bonds. The number of carbonyl (C=O) groups excluding carboxylic acids is 4. The molecule has 5 atom stereocenters. The van der Waals surface area contributed by atoms with Gasteiger partial charge in [0.15, 0.2) is 0 Å². The predicted molar refractivity (Wildman–Crippen MR) is 207 cm³/mol. The molecule has 1 aliphatic heterocycles. The Kier molecular flexibility index (Phi) is 16.9. The van der Waals surface area contributed by atoms with Crippen LogP contribution in [-0.2, 0) is 38.1 Å². The number of hydrogen-bond acceptors (Lipinski definition) is 9. The first-order valence-electron chi connectivity index (χ1n) is 21.6. The van der Waals surface area contributed by atoms with Crippen LogP contribution < -0.4 is 0 Å². The van der Waals surface area contributed by atoms with Crippen molar-refractivity contribution in [2.75, 3.05) is 13.7 Å². The highest BCUT2D eigenvalue weighted by Gasteiger charge is 2.71. The topological polar surface area (TPSA) is 125 Å². The van der Waals surface area contributed by atoms with Gasteiger partial charge in [0, 0.05) is 6.42 Å². The highest BCUT2D eigenvalue weighted by atomic mass is 19.4. The molecule has 6 aliphatic carbocycles. The number of rotatable bonds is 10. The normalized spacial score (nSPS) is 31.4. The molecule has 5 unspecified atom stereocenters. The number of methoxy groups -OCH3 is 1. The zero-order chi connectivity index (χ0) is 44.9. The molecular weight excluding hydrogens is 786 g/mol. The molecule has 1 N–H and O–H groups in total. The first-order chi connectivity index (χ1) is 27.1. The van der Waals surface area contributed by atoms with E-state index < -0.39 is 47.8 Å². The Labute approximate surface area is 346 Å².